The Balaban J connectivity index is 1.60. The van der Waals surface area contributed by atoms with Crippen LogP contribution < -0.4 is 15.5 Å². The SMILES string of the molecule is CN=C(NCc1csc(N(C)C)n1)NCC(c1ccc(F)cc1)N1CCOCC1. The van der Waals surface area contributed by atoms with Crippen LogP contribution >= 0.6 is 11.3 Å². The molecule has 0 amide bonds. The van der Waals surface area contributed by atoms with Gasteiger partial charge in [0.05, 0.1) is 31.5 Å². The fourth-order valence-electron chi connectivity index (χ4n) is 3.20. The molecule has 0 bridgehead atoms. The summed E-state index contributed by atoms with van der Waals surface area (Å²) in [5.74, 6) is 0.491. The minimum Gasteiger partial charge on any atom is -0.379 e. The molecule has 7 nitrogen and oxygen atoms in total. The van der Waals surface area contributed by atoms with E-state index in [1.54, 1.807) is 18.4 Å². The van der Waals surface area contributed by atoms with Gasteiger partial charge in [0.15, 0.2) is 11.1 Å². The van der Waals surface area contributed by atoms with Crippen LogP contribution in [0, 0.1) is 5.82 Å². The van der Waals surface area contributed by atoms with Gasteiger partial charge in [0.1, 0.15) is 5.82 Å². The molecule has 2 heterocycles. The highest BCUT2D eigenvalue weighted by molar-refractivity contribution is 7.13. The molecule has 1 saturated heterocycles. The van der Waals surface area contributed by atoms with E-state index >= 15 is 0 Å². The number of hydrogen-bond donors (Lipinski definition) is 2. The van der Waals surface area contributed by atoms with E-state index in [9.17, 15) is 4.39 Å². The number of hydrogen-bond acceptors (Lipinski definition) is 6. The third kappa shape index (κ3) is 6.12. The van der Waals surface area contributed by atoms with E-state index in [1.165, 1.54) is 12.1 Å². The van der Waals surface area contributed by atoms with E-state index in [1.807, 2.05) is 36.5 Å². The van der Waals surface area contributed by atoms with Gasteiger partial charge in [0.2, 0.25) is 0 Å². The van der Waals surface area contributed by atoms with Crippen LogP contribution in [0.4, 0.5) is 9.52 Å². The molecule has 1 aromatic heterocycles. The van der Waals surface area contributed by atoms with Crippen molar-refractivity contribution in [3.05, 3.63) is 46.7 Å². The molecule has 1 fully saturated rings. The highest BCUT2D eigenvalue weighted by Gasteiger charge is 2.23. The fourth-order valence-corrected chi connectivity index (χ4v) is 3.96. The lowest BCUT2D eigenvalue weighted by molar-refractivity contribution is 0.0170. The summed E-state index contributed by atoms with van der Waals surface area (Å²) in [4.78, 5) is 13.3. The number of halogens is 1. The van der Waals surface area contributed by atoms with Crippen LogP contribution in [-0.2, 0) is 11.3 Å². The second-order valence-electron chi connectivity index (χ2n) is 7.04. The zero-order chi connectivity index (χ0) is 20.6. The second-order valence-corrected chi connectivity index (χ2v) is 7.87. The number of guanidine groups is 1. The van der Waals surface area contributed by atoms with Gasteiger partial charge in [-0.05, 0) is 17.7 Å². The molecule has 9 heteroatoms. The number of ether oxygens (including phenoxy) is 1. The Morgan fingerprint density at radius 1 is 1.28 bits per heavy atom. The number of rotatable bonds is 7. The van der Waals surface area contributed by atoms with Gasteiger partial charge in [0.25, 0.3) is 0 Å². The van der Waals surface area contributed by atoms with Crippen LogP contribution in [0.2, 0.25) is 0 Å². The summed E-state index contributed by atoms with van der Waals surface area (Å²) in [5.41, 5.74) is 2.05. The number of aromatic nitrogens is 1. The molecule has 1 aliphatic rings. The first-order chi connectivity index (χ1) is 14.1. The first-order valence-corrected chi connectivity index (χ1v) is 10.6. The summed E-state index contributed by atoms with van der Waals surface area (Å²) < 4.78 is 18.9. The summed E-state index contributed by atoms with van der Waals surface area (Å²) in [7, 11) is 5.72. The number of benzene rings is 1. The summed E-state index contributed by atoms with van der Waals surface area (Å²) in [5, 5.41) is 9.75. The summed E-state index contributed by atoms with van der Waals surface area (Å²) in [6, 6.07) is 6.84. The smallest absolute Gasteiger partial charge is 0.191 e. The Hall–Kier alpha value is -2.23. The monoisotopic (exact) mass is 420 g/mol. The van der Waals surface area contributed by atoms with E-state index in [-0.39, 0.29) is 11.9 Å². The Labute approximate surface area is 175 Å². The zero-order valence-electron chi connectivity index (χ0n) is 17.2. The molecule has 158 valence electrons. The van der Waals surface area contributed by atoms with Crippen molar-refractivity contribution in [1.82, 2.24) is 20.5 Å². The molecule has 2 N–H and O–H groups in total. The quantitative estimate of drug-likeness (QED) is 0.528. The van der Waals surface area contributed by atoms with Crippen molar-refractivity contribution < 1.29 is 9.13 Å². The van der Waals surface area contributed by atoms with Gasteiger partial charge in [-0.1, -0.05) is 12.1 Å². The van der Waals surface area contributed by atoms with Crippen LogP contribution in [0.25, 0.3) is 0 Å². The maximum atomic E-state index is 13.4. The lowest BCUT2D eigenvalue weighted by Gasteiger charge is -2.35. The first kappa shape index (κ1) is 21.5. The molecular formula is C20H29FN6OS. The van der Waals surface area contributed by atoms with Crippen LogP contribution in [0.15, 0.2) is 34.6 Å². The molecule has 1 unspecified atom stereocenters. The first-order valence-electron chi connectivity index (χ1n) is 9.70. The van der Waals surface area contributed by atoms with Crippen molar-refractivity contribution in [3.63, 3.8) is 0 Å². The number of morpholine rings is 1. The highest BCUT2D eigenvalue weighted by Crippen LogP contribution is 2.22. The van der Waals surface area contributed by atoms with Gasteiger partial charge in [-0.15, -0.1) is 11.3 Å². The molecule has 0 radical (unpaired) electrons. The Morgan fingerprint density at radius 2 is 2.00 bits per heavy atom. The molecule has 29 heavy (non-hydrogen) atoms. The van der Waals surface area contributed by atoms with E-state index in [4.69, 9.17) is 4.74 Å². The summed E-state index contributed by atoms with van der Waals surface area (Å²) >= 11 is 1.62. The molecular weight excluding hydrogens is 391 g/mol. The third-order valence-electron chi connectivity index (χ3n) is 4.79. The Bertz CT molecular complexity index is 789. The van der Waals surface area contributed by atoms with Crippen LogP contribution in [0.1, 0.15) is 17.3 Å². The van der Waals surface area contributed by atoms with Crippen molar-refractivity contribution in [2.45, 2.75) is 12.6 Å². The van der Waals surface area contributed by atoms with Crippen molar-refractivity contribution in [2.24, 2.45) is 4.99 Å². The predicted octanol–water partition coefficient (Wildman–Crippen LogP) is 2.09. The van der Waals surface area contributed by atoms with Crippen LogP contribution in [0.5, 0.6) is 0 Å². The largest absolute Gasteiger partial charge is 0.379 e. The number of nitrogens with one attached hydrogen (secondary N) is 2. The fraction of sp³-hybridized carbons (Fsp3) is 0.500. The average molecular weight is 421 g/mol. The minimum atomic E-state index is -0.222. The van der Waals surface area contributed by atoms with E-state index < -0.39 is 0 Å². The molecule has 0 aliphatic carbocycles. The van der Waals surface area contributed by atoms with E-state index in [0.29, 0.717) is 32.3 Å². The van der Waals surface area contributed by atoms with Crippen molar-refractivity contribution in [1.29, 1.82) is 0 Å². The predicted molar refractivity (Wildman–Crippen MR) is 116 cm³/mol. The van der Waals surface area contributed by atoms with E-state index in [2.05, 4.69) is 25.5 Å². The van der Waals surface area contributed by atoms with Crippen molar-refractivity contribution in [3.8, 4) is 0 Å². The molecule has 1 aliphatic heterocycles. The molecule has 1 atom stereocenters. The van der Waals surface area contributed by atoms with Gasteiger partial charge in [-0.3, -0.25) is 9.89 Å². The van der Waals surface area contributed by atoms with E-state index in [0.717, 1.165) is 29.5 Å². The summed E-state index contributed by atoms with van der Waals surface area (Å²) in [6.45, 7) is 4.38. The Kier molecular flexibility index (Phi) is 7.79. The highest BCUT2D eigenvalue weighted by atomic mass is 32.1. The normalized spacial score (nSPS) is 16.5. The van der Waals surface area contributed by atoms with Gasteiger partial charge >= 0.3 is 0 Å². The van der Waals surface area contributed by atoms with Crippen LogP contribution in [0.3, 0.4) is 0 Å². The van der Waals surface area contributed by atoms with Crippen molar-refractivity contribution >= 4 is 22.4 Å². The third-order valence-corrected chi connectivity index (χ3v) is 5.84. The second kappa shape index (κ2) is 10.5. The number of nitrogens with zero attached hydrogens (tertiary/aromatic N) is 4. The number of thiazole rings is 1. The van der Waals surface area contributed by atoms with Gasteiger partial charge < -0.3 is 20.3 Å². The number of aliphatic imine (C=N–C) groups is 1. The maximum Gasteiger partial charge on any atom is 0.191 e. The lowest BCUT2D eigenvalue weighted by Crippen LogP contribution is -2.46. The lowest BCUT2D eigenvalue weighted by atomic mass is 10.0. The van der Waals surface area contributed by atoms with Gasteiger partial charge in [-0.25, -0.2) is 9.37 Å². The standard InChI is InChI=1S/C20H29FN6OS/c1-22-19(23-12-17-14-29-20(25-17)26(2)3)24-13-18(27-8-10-28-11-9-27)15-4-6-16(21)7-5-15/h4-7,14,18H,8-13H2,1-3H3,(H2,22,23,24). The molecule has 1 aromatic carbocycles. The van der Waals surface area contributed by atoms with Gasteiger partial charge in [0, 0.05) is 46.2 Å². The molecule has 0 spiro atoms. The van der Waals surface area contributed by atoms with Gasteiger partial charge in [-0.2, -0.15) is 0 Å². The van der Waals surface area contributed by atoms with Crippen LogP contribution in [-0.4, -0.2) is 69.8 Å². The maximum absolute atomic E-state index is 13.4. The summed E-state index contributed by atoms with van der Waals surface area (Å²) in [6.07, 6.45) is 0. The molecule has 0 saturated carbocycles. The molecule has 2 aromatic rings. The molecule has 3 rings (SSSR count). The zero-order valence-corrected chi connectivity index (χ0v) is 18.0. The average Bonchev–Trinajstić information content (AvgIpc) is 3.22. The number of anilines is 1. The Morgan fingerprint density at radius 3 is 2.62 bits per heavy atom. The van der Waals surface area contributed by atoms with Crippen molar-refractivity contribution in [2.75, 3.05) is 58.9 Å². The topological polar surface area (TPSA) is 65.0 Å². The minimum absolute atomic E-state index is 0.109.